The molecular weight excluding hydrogens is 466 g/mol. The molecule has 0 radical (unpaired) electrons. The zero-order chi connectivity index (χ0) is 26.3. The number of methoxy groups -OCH3 is 2. The molecule has 5 rings (SSSR count). The van der Waals surface area contributed by atoms with Gasteiger partial charge in [-0.05, 0) is 60.7 Å². The molecule has 194 valence electrons. The van der Waals surface area contributed by atoms with Crippen molar-refractivity contribution < 1.29 is 19.1 Å². The largest absolute Gasteiger partial charge is 0.497 e. The Morgan fingerprint density at radius 1 is 0.973 bits per heavy atom. The van der Waals surface area contributed by atoms with Gasteiger partial charge in [0.05, 0.1) is 31.3 Å². The predicted octanol–water partition coefficient (Wildman–Crippen LogP) is 5.36. The SMILES string of the molecule is COc1ccc(OC)c(C2c3cccn3-c3ccccc3N2C(=O)CN(C(=O)CC(C)(C)C)C2CC2)c1. The number of ether oxygens (including phenoxy) is 2. The Morgan fingerprint density at radius 3 is 2.35 bits per heavy atom. The van der Waals surface area contributed by atoms with Crippen molar-refractivity contribution in [3.05, 3.63) is 72.1 Å². The minimum absolute atomic E-state index is 0.0348. The summed E-state index contributed by atoms with van der Waals surface area (Å²) in [6.45, 7) is 6.20. The molecule has 0 saturated heterocycles. The van der Waals surface area contributed by atoms with E-state index >= 15 is 0 Å². The van der Waals surface area contributed by atoms with Gasteiger partial charge in [-0.25, -0.2) is 0 Å². The third-order valence-corrected chi connectivity index (χ3v) is 7.01. The number of fused-ring (bicyclic) bond motifs is 3. The molecule has 1 fully saturated rings. The molecule has 1 aliphatic heterocycles. The van der Waals surface area contributed by atoms with Crippen LogP contribution in [-0.4, -0.2) is 48.1 Å². The highest BCUT2D eigenvalue weighted by atomic mass is 16.5. The number of anilines is 1. The maximum absolute atomic E-state index is 14.3. The summed E-state index contributed by atoms with van der Waals surface area (Å²) >= 11 is 0. The lowest BCUT2D eigenvalue weighted by Crippen LogP contribution is -2.48. The van der Waals surface area contributed by atoms with E-state index in [1.807, 2.05) is 65.7 Å². The molecule has 1 aliphatic carbocycles. The number of carbonyl (C=O) groups excluding carboxylic acids is 2. The summed E-state index contributed by atoms with van der Waals surface area (Å²) in [6, 6.07) is 17.2. The Labute approximate surface area is 218 Å². The molecule has 2 amide bonds. The van der Waals surface area contributed by atoms with E-state index in [2.05, 4.69) is 25.3 Å². The number of benzene rings is 2. The minimum atomic E-state index is -0.457. The molecule has 2 heterocycles. The Bertz CT molecular complexity index is 1320. The first kappa shape index (κ1) is 24.9. The van der Waals surface area contributed by atoms with Gasteiger partial charge in [0.25, 0.3) is 0 Å². The molecule has 2 aromatic carbocycles. The van der Waals surface area contributed by atoms with Crippen LogP contribution in [0.4, 0.5) is 5.69 Å². The lowest BCUT2D eigenvalue weighted by atomic mass is 9.91. The molecular formula is C30H35N3O4. The summed E-state index contributed by atoms with van der Waals surface area (Å²) in [5.41, 5.74) is 3.33. The van der Waals surface area contributed by atoms with Crippen LogP contribution in [0, 0.1) is 5.41 Å². The molecule has 1 saturated carbocycles. The second kappa shape index (κ2) is 9.61. The minimum Gasteiger partial charge on any atom is -0.497 e. The van der Waals surface area contributed by atoms with E-state index in [4.69, 9.17) is 9.47 Å². The van der Waals surface area contributed by atoms with Gasteiger partial charge < -0.3 is 18.9 Å². The highest BCUT2D eigenvalue weighted by Crippen LogP contribution is 2.45. The maximum atomic E-state index is 14.3. The molecule has 0 spiro atoms. The number of rotatable bonds is 7. The van der Waals surface area contributed by atoms with Crippen molar-refractivity contribution in [3.8, 4) is 17.2 Å². The summed E-state index contributed by atoms with van der Waals surface area (Å²) in [5.74, 6) is 1.26. The second-order valence-electron chi connectivity index (χ2n) is 11.1. The standard InChI is InChI=1S/C30H35N3O4/c1-30(2,3)18-27(34)32(20-12-13-20)19-28(35)33-24-10-7-6-9-23(24)31-16-8-11-25(31)29(33)22-17-21(36-4)14-15-26(22)37-5/h6-11,14-17,20,29H,12-13,18-19H2,1-5H3. The van der Waals surface area contributed by atoms with Crippen molar-refractivity contribution in [3.63, 3.8) is 0 Å². The van der Waals surface area contributed by atoms with E-state index in [1.54, 1.807) is 19.1 Å². The van der Waals surface area contributed by atoms with E-state index in [9.17, 15) is 9.59 Å². The summed E-state index contributed by atoms with van der Waals surface area (Å²) in [6.07, 6.45) is 4.30. The lowest BCUT2D eigenvalue weighted by molar-refractivity contribution is -0.137. The van der Waals surface area contributed by atoms with Crippen LogP contribution in [0.25, 0.3) is 5.69 Å². The molecule has 3 aromatic rings. The van der Waals surface area contributed by atoms with Crippen molar-refractivity contribution in [1.29, 1.82) is 0 Å². The van der Waals surface area contributed by atoms with Crippen molar-refractivity contribution >= 4 is 17.5 Å². The normalized spacial score (nSPS) is 16.6. The first-order valence-corrected chi connectivity index (χ1v) is 12.8. The fourth-order valence-corrected chi connectivity index (χ4v) is 5.19. The topological polar surface area (TPSA) is 64.0 Å². The van der Waals surface area contributed by atoms with Crippen LogP contribution in [0.3, 0.4) is 0 Å². The van der Waals surface area contributed by atoms with Crippen LogP contribution in [-0.2, 0) is 9.59 Å². The smallest absolute Gasteiger partial charge is 0.247 e. The number of amides is 2. The van der Waals surface area contributed by atoms with Crippen LogP contribution >= 0.6 is 0 Å². The lowest BCUT2D eigenvalue weighted by Gasteiger charge is -2.40. The molecule has 1 aromatic heterocycles. The van der Waals surface area contributed by atoms with Crippen LogP contribution < -0.4 is 14.4 Å². The number of aromatic nitrogens is 1. The molecule has 2 aliphatic rings. The number of nitrogens with zero attached hydrogens (tertiary/aromatic N) is 3. The van der Waals surface area contributed by atoms with E-state index in [0.717, 1.165) is 35.5 Å². The first-order valence-electron chi connectivity index (χ1n) is 12.8. The zero-order valence-corrected chi connectivity index (χ0v) is 22.2. The van der Waals surface area contributed by atoms with Crippen LogP contribution in [0.2, 0.25) is 0 Å². The number of hydrogen-bond donors (Lipinski definition) is 0. The summed E-state index contributed by atoms with van der Waals surface area (Å²) in [4.78, 5) is 31.2. The van der Waals surface area contributed by atoms with Crippen LogP contribution in [0.1, 0.15) is 57.3 Å². The van der Waals surface area contributed by atoms with Crippen molar-refractivity contribution in [2.24, 2.45) is 5.41 Å². The van der Waals surface area contributed by atoms with Crippen molar-refractivity contribution in [2.75, 3.05) is 25.7 Å². The summed E-state index contributed by atoms with van der Waals surface area (Å²) < 4.78 is 13.4. The van der Waals surface area contributed by atoms with Crippen LogP contribution in [0.15, 0.2) is 60.8 Å². The van der Waals surface area contributed by atoms with Crippen molar-refractivity contribution in [2.45, 2.75) is 52.1 Å². The fraction of sp³-hybridized carbons (Fsp3) is 0.400. The Morgan fingerprint density at radius 2 is 1.70 bits per heavy atom. The summed E-state index contributed by atoms with van der Waals surface area (Å²) in [7, 11) is 3.26. The number of para-hydroxylation sites is 2. The van der Waals surface area contributed by atoms with Gasteiger partial charge in [-0.3, -0.25) is 14.5 Å². The van der Waals surface area contributed by atoms with Gasteiger partial charge in [0.15, 0.2) is 0 Å². The monoisotopic (exact) mass is 501 g/mol. The number of carbonyl (C=O) groups is 2. The first-order chi connectivity index (χ1) is 17.7. The third kappa shape index (κ3) is 4.82. The molecule has 0 bridgehead atoms. The average molecular weight is 502 g/mol. The van der Waals surface area contributed by atoms with Gasteiger partial charge >= 0.3 is 0 Å². The van der Waals surface area contributed by atoms with Gasteiger partial charge in [-0.1, -0.05) is 32.9 Å². The van der Waals surface area contributed by atoms with Crippen LogP contribution in [0.5, 0.6) is 11.5 Å². The average Bonchev–Trinajstić information content (AvgIpc) is 3.59. The van der Waals surface area contributed by atoms with Gasteiger partial charge in [-0.2, -0.15) is 0 Å². The molecule has 1 unspecified atom stereocenters. The molecule has 0 N–H and O–H groups in total. The Hall–Kier alpha value is -3.74. The van der Waals surface area contributed by atoms with E-state index in [-0.39, 0.29) is 29.8 Å². The Balaban J connectivity index is 1.61. The third-order valence-electron chi connectivity index (χ3n) is 7.01. The number of hydrogen-bond acceptors (Lipinski definition) is 4. The van der Waals surface area contributed by atoms with E-state index < -0.39 is 6.04 Å². The maximum Gasteiger partial charge on any atom is 0.247 e. The molecule has 7 heteroatoms. The predicted molar refractivity (Wildman–Crippen MR) is 143 cm³/mol. The molecule has 37 heavy (non-hydrogen) atoms. The highest BCUT2D eigenvalue weighted by molar-refractivity contribution is 6.00. The van der Waals surface area contributed by atoms with Gasteiger partial charge in [0.2, 0.25) is 11.8 Å². The molecule has 7 nitrogen and oxygen atoms in total. The fourth-order valence-electron chi connectivity index (χ4n) is 5.19. The molecule has 1 atom stereocenters. The van der Waals surface area contributed by atoms with Gasteiger partial charge in [0, 0.05) is 24.2 Å². The van der Waals surface area contributed by atoms with E-state index in [0.29, 0.717) is 17.9 Å². The van der Waals surface area contributed by atoms with Crippen molar-refractivity contribution in [1.82, 2.24) is 9.47 Å². The highest BCUT2D eigenvalue weighted by Gasteiger charge is 2.41. The Kier molecular flexibility index (Phi) is 6.48. The summed E-state index contributed by atoms with van der Waals surface area (Å²) in [5, 5.41) is 0. The quantitative estimate of drug-likeness (QED) is 0.437. The van der Waals surface area contributed by atoms with Gasteiger partial charge in [-0.15, -0.1) is 0 Å². The second-order valence-corrected chi connectivity index (χ2v) is 11.1. The van der Waals surface area contributed by atoms with E-state index in [1.165, 1.54) is 0 Å². The van der Waals surface area contributed by atoms with Gasteiger partial charge in [0.1, 0.15) is 24.1 Å². The zero-order valence-electron chi connectivity index (χ0n) is 22.2.